The Labute approximate surface area is 150 Å². The van der Waals surface area contributed by atoms with Crippen molar-refractivity contribution in [1.82, 2.24) is 19.6 Å². The van der Waals surface area contributed by atoms with Crippen molar-refractivity contribution in [2.75, 3.05) is 11.9 Å². The number of pyridine rings is 1. The highest BCUT2D eigenvalue weighted by atomic mass is 35.5. The first-order chi connectivity index (χ1) is 12.3. The van der Waals surface area contributed by atoms with E-state index in [1.54, 1.807) is 16.9 Å². The molecule has 3 heterocycles. The second-order valence-electron chi connectivity index (χ2n) is 5.60. The summed E-state index contributed by atoms with van der Waals surface area (Å²) in [5.41, 5.74) is 3.67. The lowest BCUT2D eigenvalue weighted by Crippen LogP contribution is -2.09. The third kappa shape index (κ3) is 3.19. The number of hydrogen-bond acceptors (Lipinski definition) is 4. The van der Waals surface area contributed by atoms with Gasteiger partial charge in [-0.15, -0.1) is 0 Å². The van der Waals surface area contributed by atoms with E-state index < -0.39 is 0 Å². The quantitative estimate of drug-likeness (QED) is 0.589. The van der Waals surface area contributed by atoms with Crippen LogP contribution in [0, 0.1) is 0 Å². The highest BCUT2D eigenvalue weighted by Crippen LogP contribution is 2.30. The van der Waals surface area contributed by atoms with E-state index in [4.69, 9.17) is 11.6 Å². The molecule has 0 fully saturated rings. The summed E-state index contributed by atoms with van der Waals surface area (Å²) >= 11 is 6.32. The van der Waals surface area contributed by atoms with Gasteiger partial charge in [-0.2, -0.15) is 9.61 Å². The maximum atomic E-state index is 6.32. The molecule has 4 rings (SSSR count). The Balaban J connectivity index is 1.60. The summed E-state index contributed by atoms with van der Waals surface area (Å²) in [4.78, 5) is 8.81. The molecule has 1 aromatic carbocycles. The van der Waals surface area contributed by atoms with Crippen molar-refractivity contribution in [3.8, 4) is 11.1 Å². The molecule has 0 aliphatic carbocycles. The number of anilines is 1. The third-order valence-electron chi connectivity index (χ3n) is 3.98. The second kappa shape index (κ2) is 6.91. The molecule has 0 spiro atoms. The van der Waals surface area contributed by atoms with E-state index in [9.17, 15) is 0 Å². The van der Waals surface area contributed by atoms with Gasteiger partial charge in [-0.25, -0.2) is 4.98 Å². The molecule has 0 saturated heterocycles. The lowest BCUT2D eigenvalue weighted by Gasteiger charge is -2.08. The van der Waals surface area contributed by atoms with Gasteiger partial charge < -0.3 is 5.32 Å². The fraction of sp³-hybridized carbons (Fsp3) is 0.105. The molecule has 3 aromatic heterocycles. The van der Waals surface area contributed by atoms with Crippen LogP contribution in [-0.4, -0.2) is 26.1 Å². The van der Waals surface area contributed by atoms with E-state index in [1.165, 1.54) is 0 Å². The van der Waals surface area contributed by atoms with Crippen molar-refractivity contribution < 1.29 is 0 Å². The van der Waals surface area contributed by atoms with Crippen molar-refractivity contribution in [3.05, 3.63) is 77.8 Å². The first-order valence-electron chi connectivity index (χ1n) is 8.04. The maximum Gasteiger partial charge on any atom is 0.165 e. The second-order valence-corrected chi connectivity index (χ2v) is 6.01. The Morgan fingerprint density at radius 2 is 1.80 bits per heavy atom. The number of benzene rings is 1. The Kier molecular flexibility index (Phi) is 4.31. The number of aromatic nitrogens is 4. The van der Waals surface area contributed by atoms with Gasteiger partial charge in [-0.05, 0) is 24.3 Å². The SMILES string of the molecule is Clc1ccccc1-c1cnn2c(NCCc3ccccn3)ccnc12. The van der Waals surface area contributed by atoms with E-state index in [0.717, 1.165) is 41.3 Å². The van der Waals surface area contributed by atoms with Crippen molar-refractivity contribution in [3.63, 3.8) is 0 Å². The summed E-state index contributed by atoms with van der Waals surface area (Å²) in [5.74, 6) is 0.888. The summed E-state index contributed by atoms with van der Waals surface area (Å²) < 4.78 is 1.80. The highest BCUT2D eigenvalue weighted by molar-refractivity contribution is 6.33. The smallest absolute Gasteiger partial charge is 0.165 e. The van der Waals surface area contributed by atoms with Crippen LogP contribution in [0.15, 0.2) is 67.1 Å². The molecule has 0 aliphatic rings. The summed E-state index contributed by atoms with van der Waals surface area (Å²) in [6.45, 7) is 0.761. The van der Waals surface area contributed by atoms with Crippen LogP contribution in [0.1, 0.15) is 5.69 Å². The predicted octanol–water partition coefficient (Wildman–Crippen LogP) is 4.10. The molecule has 0 radical (unpaired) electrons. The fourth-order valence-corrected chi connectivity index (χ4v) is 3.00. The molecule has 0 amide bonds. The molecule has 0 saturated carbocycles. The summed E-state index contributed by atoms with van der Waals surface area (Å²) in [6, 6.07) is 15.6. The van der Waals surface area contributed by atoms with Gasteiger partial charge >= 0.3 is 0 Å². The largest absolute Gasteiger partial charge is 0.370 e. The van der Waals surface area contributed by atoms with E-state index >= 15 is 0 Å². The molecule has 1 N–H and O–H groups in total. The number of hydrogen-bond donors (Lipinski definition) is 1. The first-order valence-corrected chi connectivity index (χ1v) is 8.42. The molecule has 0 aliphatic heterocycles. The van der Waals surface area contributed by atoms with Gasteiger partial charge in [0, 0.05) is 47.2 Å². The molecule has 25 heavy (non-hydrogen) atoms. The molecular weight excluding hydrogens is 334 g/mol. The summed E-state index contributed by atoms with van der Waals surface area (Å²) in [7, 11) is 0. The van der Waals surface area contributed by atoms with Crippen LogP contribution in [0.4, 0.5) is 5.82 Å². The molecule has 0 atom stereocenters. The van der Waals surface area contributed by atoms with Crippen LogP contribution in [-0.2, 0) is 6.42 Å². The monoisotopic (exact) mass is 349 g/mol. The normalized spacial score (nSPS) is 10.9. The number of fused-ring (bicyclic) bond motifs is 1. The first kappa shape index (κ1) is 15.6. The van der Waals surface area contributed by atoms with Gasteiger partial charge in [0.1, 0.15) is 5.82 Å². The molecule has 0 bridgehead atoms. The minimum Gasteiger partial charge on any atom is -0.370 e. The Morgan fingerprint density at radius 3 is 2.64 bits per heavy atom. The Hall–Kier alpha value is -2.92. The Bertz CT molecular complexity index is 997. The van der Waals surface area contributed by atoms with E-state index in [0.29, 0.717) is 5.02 Å². The van der Waals surface area contributed by atoms with Crippen LogP contribution in [0.3, 0.4) is 0 Å². The number of nitrogens with one attached hydrogen (secondary N) is 1. The lowest BCUT2D eigenvalue weighted by molar-refractivity contribution is 0.901. The zero-order chi connectivity index (χ0) is 17.1. The van der Waals surface area contributed by atoms with Crippen molar-refractivity contribution in [2.24, 2.45) is 0 Å². The van der Waals surface area contributed by atoms with Gasteiger partial charge in [0.15, 0.2) is 5.65 Å². The van der Waals surface area contributed by atoms with Crippen LogP contribution in [0.25, 0.3) is 16.8 Å². The van der Waals surface area contributed by atoms with Crippen LogP contribution in [0.2, 0.25) is 5.02 Å². The molecule has 5 nitrogen and oxygen atoms in total. The lowest BCUT2D eigenvalue weighted by atomic mass is 10.1. The molecule has 0 unspecified atom stereocenters. The predicted molar refractivity (Wildman–Crippen MR) is 99.9 cm³/mol. The van der Waals surface area contributed by atoms with Gasteiger partial charge in [-0.1, -0.05) is 35.9 Å². The van der Waals surface area contributed by atoms with Crippen molar-refractivity contribution >= 4 is 23.1 Å². The van der Waals surface area contributed by atoms with E-state index in [1.807, 2.05) is 54.7 Å². The minimum atomic E-state index is 0.688. The minimum absolute atomic E-state index is 0.688. The van der Waals surface area contributed by atoms with Crippen molar-refractivity contribution in [1.29, 1.82) is 0 Å². The maximum absolute atomic E-state index is 6.32. The topological polar surface area (TPSA) is 55.1 Å². The average Bonchev–Trinajstić information content (AvgIpc) is 3.08. The van der Waals surface area contributed by atoms with Gasteiger partial charge in [0.25, 0.3) is 0 Å². The van der Waals surface area contributed by atoms with Gasteiger partial charge in [-0.3, -0.25) is 4.98 Å². The van der Waals surface area contributed by atoms with Crippen LogP contribution in [0.5, 0.6) is 0 Å². The van der Waals surface area contributed by atoms with E-state index in [-0.39, 0.29) is 0 Å². The zero-order valence-electron chi connectivity index (χ0n) is 13.4. The highest BCUT2D eigenvalue weighted by Gasteiger charge is 2.12. The molecule has 6 heteroatoms. The summed E-state index contributed by atoms with van der Waals surface area (Å²) in [5, 5.41) is 8.57. The van der Waals surface area contributed by atoms with E-state index in [2.05, 4.69) is 20.4 Å². The summed E-state index contributed by atoms with van der Waals surface area (Å²) in [6.07, 6.45) is 6.22. The molecule has 4 aromatic rings. The van der Waals surface area contributed by atoms with Crippen LogP contribution < -0.4 is 5.32 Å². The third-order valence-corrected chi connectivity index (χ3v) is 4.31. The number of rotatable bonds is 5. The number of nitrogens with zero attached hydrogens (tertiary/aromatic N) is 4. The zero-order valence-corrected chi connectivity index (χ0v) is 14.2. The Morgan fingerprint density at radius 1 is 0.920 bits per heavy atom. The molecular formula is C19H16ClN5. The number of halogens is 1. The standard InChI is InChI=1S/C19H16ClN5/c20-17-7-2-1-6-15(17)16-13-24-25-18(9-12-23-19(16)25)22-11-8-14-5-3-4-10-21-14/h1-7,9-10,12-13,22H,8,11H2. The molecule has 124 valence electrons. The van der Waals surface area contributed by atoms with Gasteiger partial charge in [0.05, 0.1) is 6.20 Å². The van der Waals surface area contributed by atoms with Gasteiger partial charge in [0.2, 0.25) is 0 Å². The fourth-order valence-electron chi connectivity index (χ4n) is 2.76. The van der Waals surface area contributed by atoms with Crippen molar-refractivity contribution in [2.45, 2.75) is 6.42 Å². The van der Waals surface area contributed by atoms with Crippen LogP contribution >= 0.6 is 11.6 Å². The average molecular weight is 350 g/mol.